The summed E-state index contributed by atoms with van der Waals surface area (Å²) in [6, 6.07) is 8.65. The summed E-state index contributed by atoms with van der Waals surface area (Å²) < 4.78 is 10.7. The topological polar surface area (TPSA) is 90.7 Å². The first kappa shape index (κ1) is 18.8. The molecule has 1 unspecified atom stereocenters. The zero-order valence-corrected chi connectivity index (χ0v) is 15.3. The summed E-state index contributed by atoms with van der Waals surface area (Å²) in [5.41, 5.74) is 5.53. The van der Waals surface area contributed by atoms with Crippen LogP contribution in [0.4, 0.5) is 0 Å². The van der Waals surface area contributed by atoms with E-state index in [1.807, 2.05) is 31.4 Å². The van der Waals surface area contributed by atoms with Crippen molar-refractivity contribution in [3.05, 3.63) is 46.2 Å². The monoisotopic (exact) mass is 362 g/mol. The van der Waals surface area contributed by atoms with E-state index in [0.29, 0.717) is 5.75 Å². The van der Waals surface area contributed by atoms with Crippen molar-refractivity contribution in [3.8, 4) is 11.5 Å². The lowest BCUT2D eigenvalue weighted by Crippen LogP contribution is -2.35. The smallest absolute Gasteiger partial charge is 0.258 e. The number of thiophene rings is 1. The third-order valence-corrected chi connectivity index (χ3v) is 4.60. The molecule has 0 radical (unpaired) electrons. The van der Waals surface area contributed by atoms with Crippen molar-refractivity contribution in [1.29, 1.82) is 0 Å². The van der Waals surface area contributed by atoms with Gasteiger partial charge in [-0.3, -0.25) is 9.59 Å². The second-order valence-corrected chi connectivity index (χ2v) is 6.77. The molecule has 1 aromatic heterocycles. The van der Waals surface area contributed by atoms with E-state index >= 15 is 0 Å². The van der Waals surface area contributed by atoms with E-state index in [1.165, 1.54) is 13.2 Å². The Morgan fingerprint density at radius 1 is 1.24 bits per heavy atom. The summed E-state index contributed by atoms with van der Waals surface area (Å²) in [6.45, 7) is 3.84. The molecule has 134 valence electrons. The van der Waals surface area contributed by atoms with Crippen molar-refractivity contribution in [2.24, 2.45) is 11.7 Å². The van der Waals surface area contributed by atoms with Gasteiger partial charge in [-0.15, -0.1) is 11.3 Å². The second-order valence-electron chi connectivity index (χ2n) is 5.79. The normalized spacial score (nSPS) is 11.8. The molecule has 0 spiro atoms. The number of hydrogen-bond donors (Lipinski definition) is 2. The highest BCUT2D eigenvalue weighted by atomic mass is 32.1. The van der Waals surface area contributed by atoms with E-state index in [1.54, 1.807) is 23.5 Å². The lowest BCUT2D eigenvalue weighted by molar-refractivity contribution is -0.124. The van der Waals surface area contributed by atoms with Gasteiger partial charge >= 0.3 is 0 Å². The van der Waals surface area contributed by atoms with E-state index < -0.39 is 5.91 Å². The van der Waals surface area contributed by atoms with Crippen LogP contribution in [0.3, 0.4) is 0 Å². The largest absolute Gasteiger partial charge is 0.493 e. The Morgan fingerprint density at radius 3 is 2.56 bits per heavy atom. The minimum atomic E-state index is -0.645. The molecule has 0 bridgehead atoms. The lowest BCUT2D eigenvalue weighted by Gasteiger charge is -2.21. The van der Waals surface area contributed by atoms with Gasteiger partial charge in [0.05, 0.1) is 18.7 Å². The Bertz CT molecular complexity index is 729. The van der Waals surface area contributed by atoms with E-state index in [-0.39, 0.29) is 35.8 Å². The third-order valence-electron chi connectivity index (χ3n) is 3.64. The quantitative estimate of drug-likeness (QED) is 0.755. The Morgan fingerprint density at radius 2 is 2.00 bits per heavy atom. The lowest BCUT2D eigenvalue weighted by atomic mass is 10.0. The molecule has 3 N–H and O–H groups in total. The molecule has 0 saturated heterocycles. The van der Waals surface area contributed by atoms with Gasteiger partial charge in [-0.1, -0.05) is 26.0 Å². The predicted molar refractivity (Wildman–Crippen MR) is 97.0 cm³/mol. The summed E-state index contributed by atoms with van der Waals surface area (Å²) in [5.74, 6) is -0.177. The maximum atomic E-state index is 12.3. The van der Waals surface area contributed by atoms with Crippen LogP contribution in [0.15, 0.2) is 35.7 Å². The number of ether oxygens (including phenoxy) is 2. The number of methoxy groups -OCH3 is 1. The first-order valence-corrected chi connectivity index (χ1v) is 8.74. The number of carbonyl (C=O) groups excluding carboxylic acids is 2. The summed E-state index contributed by atoms with van der Waals surface area (Å²) in [4.78, 5) is 24.9. The number of benzene rings is 1. The van der Waals surface area contributed by atoms with Gasteiger partial charge in [-0.05, 0) is 29.5 Å². The molecule has 25 heavy (non-hydrogen) atoms. The van der Waals surface area contributed by atoms with Crippen molar-refractivity contribution in [3.63, 3.8) is 0 Å². The molecule has 2 rings (SSSR count). The summed E-state index contributed by atoms with van der Waals surface area (Å²) in [5, 5.41) is 4.94. The van der Waals surface area contributed by atoms with E-state index in [9.17, 15) is 9.59 Å². The minimum absolute atomic E-state index is 0.0932. The molecular weight excluding hydrogens is 340 g/mol. The highest BCUT2D eigenvalue weighted by molar-refractivity contribution is 7.10. The van der Waals surface area contributed by atoms with Gasteiger partial charge < -0.3 is 20.5 Å². The number of amides is 2. The molecule has 0 aliphatic carbocycles. The Balaban J connectivity index is 2.08. The number of carbonyl (C=O) groups is 2. The first-order chi connectivity index (χ1) is 11.9. The van der Waals surface area contributed by atoms with E-state index in [2.05, 4.69) is 5.32 Å². The maximum absolute atomic E-state index is 12.3. The molecular formula is C18H22N2O4S. The van der Waals surface area contributed by atoms with Gasteiger partial charge in [0.1, 0.15) is 0 Å². The van der Waals surface area contributed by atoms with Crippen molar-refractivity contribution in [2.75, 3.05) is 13.7 Å². The standard InChI is InChI=1S/C18H22N2O4S/c1-11(2)16(14-8-5-9-25-14)20-15(21)10-24-17-12(18(19)22)6-4-7-13(17)23-3/h4-9,11,16H,10H2,1-3H3,(H2,19,22)(H,20,21). The number of hydrogen-bond acceptors (Lipinski definition) is 5. The molecule has 0 fully saturated rings. The highest BCUT2D eigenvalue weighted by Gasteiger charge is 2.21. The van der Waals surface area contributed by atoms with Crippen LogP contribution in [-0.2, 0) is 4.79 Å². The van der Waals surface area contributed by atoms with Gasteiger partial charge in [0.15, 0.2) is 18.1 Å². The van der Waals surface area contributed by atoms with Crippen LogP contribution in [-0.4, -0.2) is 25.5 Å². The Kier molecular flexibility index (Phi) is 6.41. The average Bonchev–Trinajstić information content (AvgIpc) is 3.11. The highest BCUT2D eigenvalue weighted by Crippen LogP contribution is 2.31. The Labute approximate surface area is 150 Å². The summed E-state index contributed by atoms with van der Waals surface area (Å²) in [6.07, 6.45) is 0. The third kappa shape index (κ3) is 4.73. The molecule has 2 aromatic rings. The molecule has 6 nitrogen and oxygen atoms in total. The van der Waals surface area contributed by atoms with Crippen LogP contribution in [0, 0.1) is 5.92 Å². The molecule has 2 amide bonds. The molecule has 1 heterocycles. The molecule has 1 aromatic carbocycles. The fourth-order valence-corrected chi connectivity index (χ4v) is 3.36. The molecule has 7 heteroatoms. The number of nitrogens with one attached hydrogen (secondary N) is 1. The van der Waals surface area contributed by atoms with Crippen LogP contribution in [0.5, 0.6) is 11.5 Å². The van der Waals surface area contributed by atoms with Gasteiger partial charge in [0, 0.05) is 4.88 Å². The maximum Gasteiger partial charge on any atom is 0.258 e. The van der Waals surface area contributed by atoms with E-state index in [4.69, 9.17) is 15.2 Å². The fraction of sp³-hybridized carbons (Fsp3) is 0.333. The van der Waals surface area contributed by atoms with Gasteiger partial charge in [0.25, 0.3) is 11.8 Å². The Hall–Kier alpha value is -2.54. The number of nitrogens with two attached hydrogens (primary N) is 1. The van der Waals surface area contributed by atoms with Crippen molar-refractivity contribution < 1.29 is 19.1 Å². The fourth-order valence-electron chi connectivity index (χ4n) is 2.41. The van der Waals surface area contributed by atoms with Gasteiger partial charge in [-0.25, -0.2) is 0 Å². The van der Waals surface area contributed by atoms with Crippen LogP contribution in [0.2, 0.25) is 0 Å². The number of para-hydroxylation sites is 1. The SMILES string of the molecule is COc1cccc(C(N)=O)c1OCC(=O)NC(c1cccs1)C(C)C. The van der Waals surface area contributed by atoms with Crippen LogP contribution < -0.4 is 20.5 Å². The minimum Gasteiger partial charge on any atom is -0.493 e. The zero-order chi connectivity index (χ0) is 18.4. The first-order valence-electron chi connectivity index (χ1n) is 7.86. The van der Waals surface area contributed by atoms with E-state index in [0.717, 1.165) is 4.88 Å². The van der Waals surface area contributed by atoms with Crippen LogP contribution in [0.25, 0.3) is 0 Å². The van der Waals surface area contributed by atoms with Gasteiger partial charge in [-0.2, -0.15) is 0 Å². The average molecular weight is 362 g/mol. The molecule has 0 aliphatic heterocycles. The van der Waals surface area contributed by atoms with Crippen LogP contribution in [0.1, 0.15) is 35.1 Å². The summed E-state index contributed by atoms with van der Waals surface area (Å²) >= 11 is 1.59. The molecule has 1 atom stereocenters. The summed E-state index contributed by atoms with van der Waals surface area (Å²) in [7, 11) is 1.46. The van der Waals surface area contributed by atoms with Crippen LogP contribution >= 0.6 is 11.3 Å². The van der Waals surface area contributed by atoms with Crippen molar-refractivity contribution in [2.45, 2.75) is 19.9 Å². The molecule has 0 saturated carbocycles. The zero-order valence-electron chi connectivity index (χ0n) is 14.4. The number of primary amides is 1. The van der Waals surface area contributed by atoms with Gasteiger partial charge in [0.2, 0.25) is 0 Å². The predicted octanol–water partition coefficient (Wildman–Crippen LogP) is 2.75. The van der Waals surface area contributed by atoms with Crippen molar-refractivity contribution in [1.82, 2.24) is 5.32 Å². The van der Waals surface area contributed by atoms with Crippen molar-refractivity contribution >= 4 is 23.2 Å². The second kappa shape index (κ2) is 8.53. The number of rotatable bonds is 8. The molecule has 0 aliphatic rings.